The van der Waals surface area contributed by atoms with Gasteiger partial charge in [-0.2, -0.15) is 25.6 Å². The number of aromatic amines is 1. The van der Waals surface area contributed by atoms with E-state index >= 15 is 0 Å². The molecule has 0 saturated carbocycles. The van der Waals surface area contributed by atoms with Crippen LogP contribution in [0.5, 0.6) is 0 Å². The number of nitrogens with zero attached hydrogens (tertiary/aromatic N) is 6. The van der Waals surface area contributed by atoms with Crippen molar-refractivity contribution >= 4 is 5.65 Å². The zero-order valence-electron chi connectivity index (χ0n) is 6.99. The fourth-order valence-corrected chi connectivity index (χ4v) is 1.20. The van der Waals surface area contributed by atoms with E-state index in [1.54, 1.807) is 29.2 Å². The van der Waals surface area contributed by atoms with Crippen LogP contribution < -0.4 is 0 Å². The lowest BCUT2D eigenvalue weighted by atomic mass is 10.3. The van der Waals surface area contributed by atoms with Gasteiger partial charge in [-0.15, -0.1) is 5.10 Å². The highest BCUT2D eigenvalue weighted by molar-refractivity contribution is 5.58. The Hall–Kier alpha value is -2.31. The Morgan fingerprint density at radius 1 is 1.29 bits per heavy atom. The predicted molar refractivity (Wildman–Crippen MR) is 46.2 cm³/mol. The smallest absolute Gasteiger partial charge is 0.177 e. The van der Waals surface area contributed by atoms with Crippen molar-refractivity contribution in [2.75, 3.05) is 0 Å². The highest BCUT2D eigenvalue weighted by Gasteiger charge is 2.06. The third kappa shape index (κ3) is 0.954. The molecule has 0 aromatic carbocycles. The number of nitrogens with one attached hydrogen (secondary N) is 1. The molecular weight excluding hydrogens is 182 g/mol. The summed E-state index contributed by atoms with van der Waals surface area (Å²) in [6.07, 6.45) is 4.91. The van der Waals surface area contributed by atoms with Gasteiger partial charge in [0.1, 0.15) is 11.4 Å². The molecule has 0 aliphatic carbocycles. The largest absolute Gasteiger partial charge is 0.219 e. The van der Waals surface area contributed by atoms with Gasteiger partial charge in [0, 0.05) is 6.07 Å². The van der Waals surface area contributed by atoms with Crippen LogP contribution in [0.1, 0.15) is 0 Å². The van der Waals surface area contributed by atoms with Gasteiger partial charge in [0.05, 0.1) is 18.6 Å². The molecule has 0 saturated heterocycles. The molecule has 3 aromatic heterocycles. The molecule has 0 bridgehead atoms. The topological polar surface area (TPSA) is 84.7 Å². The van der Waals surface area contributed by atoms with Crippen LogP contribution in [0, 0.1) is 0 Å². The van der Waals surface area contributed by atoms with Gasteiger partial charge in [-0.3, -0.25) is 0 Å². The number of hydrogen-bond acceptors (Lipinski definition) is 5. The molecule has 0 fully saturated rings. The van der Waals surface area contributed by atoms with Crippen LogP contribution in [0.4, 0.5) is 0 Å². The summed E-state index contributed by atoms with van der Waals surface area (Å²) in [4.78, 5) is 0. The van der Waals surface area contributed by atoms with Gasteiger partial charge in [0.15, 0.2) is 5.65 Å². The summed E-state index contributed by atoms with van der Waals surface area (Å²) < 4.78 is 1.64. The molecule has 3 aromatic rings. The standard InChI is InChI=1S/C7H5N7/c1-2-14-7(11-8-1)3-5(12-14)6-4-9-13-10-6/h1-4H,(H,9,10,13). The normalized spacial score (nSPS) is 10.9. The second-order valence-corrected chi connectivity index (χ2v) is 2.70. The summed E-state index contributed by atoms with van der Waals surface area (Å²) in [7, 11) is 0. The molecule has 0 atom stereocenters. The third-order valence-electron chi connectivity index (χ3n) is 1.83. The monoisotopic (exact) mass is 187 g/mol. The third-order valence-corrected chi connectivity index (χ3v) is 1.83. The average molecular weight is 187 g/mol. The van der Waals surface area contributed by atoms with Crippen molar-refractivity contribution in [3.8, 4) is 11.4 Å². The summed E-state index contributed by atoms with van der Waals surface area (Å²) in [6.45, 7) is 0. The predicted octanol–water partition coefficient (Wildman–Crippen LogP) is -0.0906. The number of aromatic nitrogens is 7. The van der Waals surface area contributed by atoms with Gasteiger partial charge in [0.2, 0.25) is 0 Å². The van der Waals surface area contributed by atoms with Gasteiger partial charge in [-0.25, -0.2) is 4.52 Å². The number of rotatable bonds is 1. The van der Waals surface area contributed by atoms with Crippen molar-refractivity contribution in [2.45, 2.75) is 0 Å². The lowest BCUT2D eigenvalue weighted by molar-refractivity contribution is 0.888. The Bertz CT molecular complexity index is 519. The maximum Gasteiger partial charge on any atom is 0.177 e. The maximum absolute atomic E-state index is 4.25. The van der Waals surface area contributed by atoms with Gasteiger partial charge >= 0.3 is 0 Å². The average Bonchev–Trinajstić information content (AvgIpc) is 2.86. The Kier molecular flexibility index (Phi) is 1.32. The van der Waals surface area contributed by atoms with E-state index in [9.17, 15) is 0 Å². The van der Waals surface area contributed by atoms with E-state index in [0.29, 0.717) is 11.3 Å². The second kappa shape index (κ2) is 2.59. The fraction of sp³-hybridized carbons (Fsp3) is 0. The molecule has 0 unspecified atom stereocenters. The van der Waals surface area contributed by atoms with E-state index in [1.165, 1.54) is 0 Å². The van der Waals surface area contributed by atoms with Crippen molar-refractivity contribution in [2.24, 2.45) is 0 Å². The minimum atomic E-state index is 0.686. The Morgan fingerprint density at radius 3 is 3.07 bits per heavy atom. The molecule has 14 heavy (non-hydrogen) atoms. The van der Waals surface area contributed by atoms with Crippen molar-refractivity contribution in [1.82, 2.24) is 35.2 Å². The van der Waals surface area contributed by atoms with Gasteiger partial charge < -0.3 is 0 Å². The molecule has 0 aliphatic rings. The van der Waals surface area contributed by atoms with Crippen molar-refractivity contribution in [1.29, 1.82) is 0 Å². The van der Waals surface area contributed by atoms with Gasteiger partial charge in [-0.05, 0) is 0 Å². The van der Waals surface area contributed by atoms with E-state index in [1.807, 2.05) is 0 Å². The molecule has 7 heteroatoms. The molecule has 3 rings (SSSR count). The minimum absolute atomic E-state index is 0.686. The van der Waals surface area contributed by atoms with Crippen molar-refractivity contribution < 1.29 is 0 Å². The lowest BCUT2D eigenvalue weighted by Crippen LogP contribution is -1.90. The molecule has 3 heterocycles. The first-order chi connectivity index (χ1) is 6.93. The summed E-state index contributed by atoms with van der Waals surface area (Å²) in [5.41, 5.74) is 2.10. The second-order valence-electron chi connectivity index (χ2n) is 2.70. The van der Waals surface area contributed by atoms with Gasteiger partial charge in [0.25, 0.3) is 0 Å². The molecular formula is C7H5N7. The summed E-state index contributed by atoms with van der Waals surface area (Å²) >= 11 is 0. The molecule has 1 N–H and O–H groups in total. The Balaban J connectivity index is 2.24. The molecule has 7 nitrogen and oxygen atoms in total. The zero-order valence-corrected chi connectivity index (χ0v) is 6.99. The Labute approximate surface area is 77.8 Å². The van der Waals surface area contributed by atoms with Gasteiger partial charge in [-0.1, -0.05) is 0 Å². The van der Waals surface area contributed by atoms with E-state index in [2.05, 4.69) is 30.7 Å². The first-order valence-electron chi connectivity index (χ1n) is 3.97. The number of H-pyrrole nitrogens is 1. The summed E-state index contributed by atoms with van der Waals surface area (Å²) in [6, 6.07) is 1.80. The minimum Gasteiger partial charge on any atom is -0.219 e. The SMILES string of the molecule is c1cn2nc(-c3cn[nH]n3)cc2nn1. The van der Waals surface area contributed by atoms with Crippen LogP contribution in [0.15, 0.2) is 24.7 Å². The maximum atomic E-state index is 4.25. The zero-order chi connectivity index (χ0) is 9.38. The van der Waals surface area contributed by atoms with Crippen LogP contribution in [-0.4, -0.2) is 35.2 Å². The van der Waals surface area contributed by atoms with Crippen molar-refractivity contribution in [3.63, 3.8) is 0 Å². The van der Waals surface area contributed by atoms with Crippen molar-refractivity contribution in [3.05, 3.63) is 24.7 Å². The van der Waals surface area contributed by atoms with E-state index in [0.717, 1.165) is 5.69 Å². The van der Waals surface area contributed by atoms with Crippen LogP contribution in [0.25, 0.3) is 17.0 Å². The van der Waals surface area contributed by atoms with Crippen LogP contribution in [0.3, 0.4) is 0 Å². The number of hydrogen-bond donors (Lipinski definition) is 1. The molecule has 0 radical (unpaired) electrons. The highest BCUT2D eigenvalue weighted by Crippen LogP contribution is 2.13. The van der Waals surface area contributed by atoms with Crippen LogP contribution in [0.2, 0.25) is 0 Å². The summed E-state index contributed by atoms with van der Waals surface area (Å²) in [5.74, 6) is 0. The molecule has 0 aliphatic heterocycles. The first-order valence-corrected chi connectivity index (χ1v) is 3.97. The molecule has 68 valence electrons. The first kappa shape index (κ1) is 7.13. The number of fused-ring (bicyclic) bond motifs is 1. The quantitative estimate of drug-likeness (QED) is 0.575. The lowest BCUT2D eigenvalue weighted by Gasteiger charge is -1.85. The Morgan fingerprint density at radius 2 is 2.29 bits per heavy atom. The fourth-order valence-electron chi connectivity index (χ4n) is 1.20. The van der Waals surface area contributed by atoms with E-state index < -0.39 is 0 Å². The van der Waals surface area contributed by atoms with Crippen LogP contribution in [-0.2, 0) is 0 Å². The summed E-state index contributed by atoms with van der Waals surface area (Å²) in [5, 5.41) is 22.1. The van der Waals surface area contributed by atoms with Crippen LogP contribution >= 0.6 is 0 Å². The van der Waals surface area contributed by atoms with E-state index in [-0.39, 0.29) is 0 Å². The van der Waals surface area contributed by atoms with E-state index in [4.69, 9.17) is 0 Å². The molecule has 0 spiro atoms. The highest BCUT2D eigenvalue weighted by atomic mass is 15.3. The molecule has 0 amide bonds.